The molecule has 2 nitrogen and oxygen atoms in total. The Bertz CT molecular complexity index is 237. The van der Waals surface area contributed by atoms with Crippen LogP contribution in [-0.4, -0.2) is 12.2 Å². The molecule has 54 valence electrons. The van der Waals surface area contributed by atoms with Crippen LogP contribution in [0.25, 0.3) is 0 Å². The molecule has 0 atom stereocenters. The molecule has 0 aliphatic carbocycles. The molecule has 0 heterocycles. The van der Waals surface area contributed by atoms with Crippen molar-refractivity contribution >= 4 is 5.69 Å². The molecule has 0 amide bonds. The fraction of sp³-hybridized carbons (Fsp3) is 0.143. The SMILES string of the molecule is CNc1cc(O)ccc1F. The van der Waals surface area contributed by atoms with E-state index < -0.39 is 0 Å². The molecule has 1 aromatic carbocycles. The third-order valence-electron chi connectivity index (χ3n) is 1.22. The predicted octanol–water partition coefficient (Wildman–Crippen LogP) is 1.57. The fourth-order valence-corrected chi connectivity index (χ4v) is 0.705. The summed E-state index contributed by atoms with van der Waals surface area (Å²) in [4.78, 5) is 0. The number of halogens is 1. The summed E-state index contributed by atoms with van der Waals surface area (Å²) in [5, 5.41) is 11.5. The number of phenols is 1. The average Bonchev–Trinajstić information content (AvgIpc) is 1.94. The maximum absolute atomic E-state index is 12.6. The van der Waals surface area contributed by atoms with Gasteiger partial charge in [0.2, 0.25) is 0 Å². The van der Waals surface area contributed by atoms with Gasteiger partial charge in [0.05, 0.1) is 5.69 Å². The van der Waals surface area contributed by atoms with E-state index in [-0.39, 0.29) is 11.6 Å². The first-order chi connectivity index (χ1) is 4.74. The van der Waals surface area contributed by atoms with Crippen molar-refractivity contribution in [1.29, 1.82) is 0 Å². The molecule has 0 saturated carbocycles. The third-order valence-corrected chi connectivity index (χ3v) is 1.22. The van der Waals surface area contributed by atoms with Gasteiger partial charge in [-0.05, 0) is 12.1 Å². The molecule has 0 unspecified atom stereocenters. The Morgan fingerprint density at radius 2 is 2.20 bits per heavy atom. The van der Waals surface area contributed by atoms with E-state index in [9.17, 15) is 4.39 Å². The second kappa shape index (κ2) is 2.56. The van der Waals surface area contributed by atoms with E-state index >= 15 is 0 Å². The van der Waals surface area contributed by atoms with Crippen molar-refractivity contribution in [3.63, 3.8) is 0 Å². The molecule has 0 radical (unpaired) electrons. The Kier molecular flexibility index (Phi) is 1.76. The highest BCUT2D eigenvalue weighted by Gasteiger charge is 1.98. The first-order valence-electron chi connectivity index (χ1n) is 2.90. The molecule has 3 heteroatoms. The van der Waals surface area contributed by atoms with Crippen molar-refractivity contribution in [1.82, 2.24) is 0 Å². The smallest absolute Gasteiger partial charge is 0.146 e. The number of rotatable bonds is 1. The Balaban J connectivity index is 3.09. The summed E-state index contributed by atoms with van der Waals surface area (Å²) >= 11 is 0. The molecule has 0 aliphatic rings. The van der Waals surface area contributed by atoms with Gasteiger partial charge in [0.1, 0.15) is 11.6 Å². The molecular formula is C7H8FNO. The van der Waals surface area contributed by atoms with Crippen molar-refractivity contribution in [3.05, 3.63) is 24.0 Å². The third kappa shape index (κ3) is 1.18. The Labute approximate surface area is 58.3 Å². The maximum atomic E-state index is 12.6. The zero-order valence-corrected chi connectivity index (χ0v) is 5.56. The summed E-state index contributed by atoms with van der Waals surface area (Å²) in [6.07, 6.45) is 0. The number of hydrogen-bond acceptors (Lipinski definition) is 2. The van der Waals surface area contributed by atoms with E-state index in [0.717, 1.165) is 0 Å². The second-order valence-corrected chi connectivity index (χ2v) is 1.91. The molecule has 10 heavy (non-hydrogen) atoms. The Hall–Kier alpha value is -1.25. The summed E-state index contributed by atoms with van der Waals surface area (Å²) < 4.78 is 12.6. The molecule has 0 saturated heterocycles. The molecule has 0 spiro atoms. The van der Waals surface area contributed by atoms with Gasteiger partial charge in [0, 0.05) is 13.1 Å². The lowest BCUT2D eigenvalue weighted by atomic mass is 10.3. The topological polar surface area (TPSA) is 32.3 Å². The van der Waals surface area contributed by atoms with E-state index in [1.54, 1.807) is 7.05 Å². The van der Waals surface area contributed by atoms with E-state index in [2.05, 4.69) is 5.32 Å². The van der Waals surface area contributed by atoms with Crippen LogP contribution >= 0.6 is 0 Å². The van der Waals surface area contributed by atoms with Crippen molar-refractivity contribution in [2.24, 2.45) is 0 Å². The molecule has 0 fully saturated rings. The molecular weight excluding hydrogens is 133 g/mol. The number of anilines is 1. The highest BCUT2D eigenvalue weighted by Crippen LogP contribution is 2.18. The average molecular weight is 141 g/mol. The van der Waals surface area contributed by atoms with Crippen LogP contribution in [0.2, 0.25) is 0 Å². The first-order valence-corrected chi connectivity index (χ1v) is 2.90. The van der Waals surface area contributed by atoms with Crippen molar-refractivity contribution < 1.29 is 9.50 Å². The molecule has 1 aromatic rings. The predicted molar refractivity (Wildman–Crippen MR) is 37.6 cm³/mol. The Morgan fingerprint density at radius 1 is 1.50 bits per heavy atom. The number of benzene rings is 1. The summed E-state index contributed by atoms with van der Waals surface area (Å²) in [6, 6.07) is 3.84. The minimum atomic E-state index is -0.361. The van der Waals surface area contributed by atoms with Crippen LogP contribution in [-0.2, 0) is 0 Å². The highest BCUT2D eigenvalue weighted by atomic mass is 19.1. The van der Waals surface area contributed by atoms with Gasteiger partial charge in [0.25, 0.3) is 0 Å². The Morgan fingerprint density at radius 3 is 2.70 bits per heavy atom. The molecule has 0 aromatic heterocycles. The van der Waals surface area contributed by atoms with Crippen LogP contribution in [0.15, 0.2) is 18.2 Å². The van der Waals surface area contributed by atoms with Crippen LogP contribution in [0.4, 0.5) is 10.1 Å². The van der Waals surface area contributed by atoms with E-state index in [4.69, 9.17) is 5.11 Å². The molecule has 0 aliphatic heterocycles. The van der Waals surface area contributed by atoms with Crippen LogP contribution in [0.3, 0.4) is 0 Å². The van der Waals surface area contributed by atoms with E-state index in [1.807, 2.05) is 0 Å². The van der Waals surface area contributed by atoms with E-state index in [1.165, 1.54) is 18.2 Å². The minimum Gasteiger partial charge on any atom is -0.508 e. The summed E-state index contributed by atoms with van der Waals surface area (Å²) in [7, 11) is 1.60. The van der Waals surface area contributed by atoms with Crippen molar-refractivity contribution in [3.8, 4) is 5.75 Å². The van der Waals surface area contributed by atoms with Gasteiger partial charge in [0.15, 0.2) is 0 Å². The van der Waals surface area contributed by atoms with Gasteiger partial charge in [-0.1, -0.05) is 0 Å². The van der Waals surface area contributed by atoms with Crippen LogP contribution in [0.5, 0.6) is 5.75 Å². The van der Waals surface area contributed by atoms with Gasteiger partial charge in [-0.25, -0.2) is 4.39 Å². The normalized spacial score (nSPS) is 9.40. The van der Waals surface area contributed by atoms with Gasteiger partial charge in [-0.2, -0.15) is 0 Å². The van der Waals surface area contributed by atoms with Crippen LogP contribution in [0.1, 0.15) is 0 Å². The summed E-state index contributed by atoms with van der Waals surface area (Å²) in [6.45, 7) is 0. The first kappa shape index (κ1) is 6.86. The largest absolute Gasteiger partial charge is 0.508 e. The van der Waals surface area contributed by atoms with Gasteiger partial charge in [-0.3, -0.25) is 0 Å². The molecule has 0 bridgehead atoms. The van der Waals surface area contributed by atoms with Crippen LogP contribution in [0, 0.1) is 5.82 Å². The monoisotopic (exact) mass is 141 g/mol. The zero-order valence-electron chi connectivity index (χ0n) is 5.56. The second-order valence-electron chi connectivity index (χ2n) is 1.91. The van der Waals surface area contributed by atoms with Crippen LogP contribution < -0.4 is 5.32 Å². The lowest BCUT2D eigenvalue weighted by Gasteiger charge is -2.00. The van der Waals surface area contributed by atoms with Crippen molar-refractivity contribution in [2.45, 2.75) is 0 Å². The lowest BCUT2D eigenvalue weighted by molar-refractivity contribution is 0.473. The number of aromatic hydroxyl groups is 1. The van der Waals surface area contributed by atoms with Gasteiger partial charge < -0.3 is 10.4 Å². The summed E-state index contributed by atoms with van der Waals surface area (Å²) in [5.74, 6) is -0.300. The minimum absolute atomic E-state index is 0.0609. The summed E-state index contributed by atoms with van der Waals surface area (Å²) in [5.41, 5.74) is 0.306. The quantitative estimate of drug-likeness (QED) is 0.622. The van der Waals surface area contributed by atoms with E-state index in [0.29, 0.717) is 5.69 Å². The number of nitrogens with one attached hydrogen (secondary N) is 1. The standard InChI is InChI=1S/C7H8FNO/c1-9-7-4-5(10)2-3-6(7)8/h2-4,9-10H,1H3. The molecule has 2 N–H and O–H groups in total. The number of phenolic OH excluding ortho intramolecular Hbond substituents is 1. The lowest BCUT2D eigenvalue weighted by Crippen LogP contribution is -1.90. The molecule has 1 rings (SSSR count). The van der Waals surface area contributed by atoms with Gasteiger partial charge in [-0.15, -0.1) is 0 Å². The number of hydrogen-bond donors (Lipinski definition) is 2. The highest BCUT2D eigenvalue weighted by molar-refractivity contribution is 5.48. The maximum Gasteiger partial charge on any atom is 0.146 e. The zero-order chi connectivity index (χ0) is 7.56. The fourth-order valence-electron chi connectivity index (χ4n) is 0.705. The van der Waals surface area contributed by atoms with Gasteiger partial charge >= 0.3 is 0 Å². The van der Waals surface area contributed by atoms with Crippen molar-refractivity contribution in [2.75, 3.05) is 12.4 Å².